The molecule has 0 nitrogen and oxygen atoms in total. The van der Waals surface area contributed by atoms with Gasteiger partial charge >= 0.3 is 0 Å². The molecular formula is C23H46ClI. The van der Waals surface area contributed by atoms with E-state index in [1.165, 1.54) is 139 Å². The van der Waals surface area contributed by atoms with E-state index in [-0.39, 0.29) is 0 Å². The van der Waals surface area contributed by atoms with Gasteiger partial charge in [0.25, 0.3) is 0 Å². The largest absolute Gasteiger partial charge is 0.127 e. The zero-order chi connectivity index (χ0) is 18.3. The number of rotatable bonds is 22. The lowest BCUT2D eigenvalue weighted by molar-refractivity contribution is 0.521. The first-order valence-electron chi connectivity index (χ1n) is 11.5. The summed E-state index contributed by atoms with van der Waals surface area (Å²) < 4.78 is 1.34. The minimum atomic E-state index is 0.846. The first kappa shape index (κ1) is 26.0. The van der Waals surface area contributed by atoms with Gasteiger partial charge in [-0.1, -0.05) is 145 Å². The van der Waals surface area contributed by atoms with Gasteiger partial charge in [-0.3, -0.25) is 0 Å². The van der Waals surface area contributed by atoms with Crippen molar-refractivity contribution in [2.75, 3.05) is 10.3 Å². The Morgan fingerprint density at radius 1 is 0.320 bits per heavy atom. The fourth-order valence-electron chi connectivity index (χ4n) is 3.55. The Hall–Kier alpha value is 1.02. The van der Waals surface area contributed by atoms with Crippen LogP contribution in [0, 0.1) is 0 Å². The number of hydrogen-bond donors (Lipinski definition) is 0. The van der Waals surface area contributed by atoms with Gasteiger partial charge in [0.15, 0.2) is 0 Å². The van der Waals surface area contributed by atoms with Crippen LogP contribution in [0.2, 0.25) is 0 Å². The van der Waals surface area contributed by atoms with E-state index >= 15 is 0 Å². The average molecular weight is 485 g/mol. The van der Waals surface area contributed by atoms with Crippen LogP contribution in [0.1, 0.15) is 135 Å². The second kappa shape index (κ2) is 25.0. The molecule has 0 rings (SSSR count). The molecule has 0 radical (unpaired) electrons. The van der Waals surface area contributed by atoms with E-state index in [0.717, 1.165) is 5.88 Å². The highest BCUT2D eigenvalue weighted by molar-refractivity contribution is 14.1. The predicted molar refractivity (Wildman–Crippen MR) is 127 cm³/mol. The summed E-state index contributed by atoms with van der Waals surface area (Å²) in [6.07, 6.45) is 30.4. The molecule has 0 amide bonds. The predicted octanol–water partition coefficient (Wildman–Crippen LogP) is 9.85. The van der Waals surface area contributed by atoms with E-state index < -0.39 is 0 Å². The van der Waals surface area contributed by atoms with Gasteiger partial charge in [-0.25, -0.2) is 0 Å². The third kappa shape index (κ3) is 25.0. The molecule has 0 heterocycles. The van der Waals surface area contributed by atoms with Crippen LogP contribution in [0.3, 0.4) is 0 Å². The Morgan fingerprint density at radius 2 is 0.520 bits per heavy atom. The molecule has 25 heavy (non-hydrogen) atoms. The highest BCUT2D eigenvalue weighted by Crippen LogP contribution is 2.15. The highest BCUT2D eigenvalue weighted by Gasteiger charge is 1.95. The maximum Gasteiger partial charge on any atom is 0.0223 e. The molecule has 0 aliphatic carbocycles. The van der Waals surface area contributed by atoms with Crippen LogP contribution in [-0.4, -0.2) is 10.3 Å². The SMILES string of the molecule is ClCCCCCCCCCCCCCCCCCCCCCCCI. The fraction of sp³-hybridized carbons (Fsp3) is 1.00. The molecule has 0 saturated carbocycles. The van der Waals surface area contributed by atoms with E-state index in [1.807, 2.05) is 0 Å². The van der Waals surface area contributed by atoms with Crippen molar-refractivity contribution in [3.8, 4) is 0 Å². The van der Waals surface area contributed by atoms with Gasteiger partial charge in [0.1, 0.15) is 0 Å². The maximum absolute atomic E-state index is 5.69. The summed E-state index contributed by atoms with van der Waals surface area (Å²) in [5.74, 6) is 0.846. The van der Waals surface area contributed by atoms with Crippen LogP contribution in [0.15, 0.2) is 0 Å². The number of unbranched alkanes of at least 4 members (excludes halogenated alkanes) is 20. The minimum absolute atomic E-state index is 0.846. The summed E-state index contributed by atoms with van der Waals surface area (Å²) in [7, 11) is 0. The van der Waals surface area contributed by atoms with Crippen molar-refractivity contribution in [3.63, 3.8) is 0 Å². The first-order chi connectivity index (χ1) is 12.4. The van der Waals surface area contributed by atoms with Crippen LogP contribution < -0.4 is 0 Å². The molecule has 0 N–H and O–H groups in total. The van der Waals surface area contributed by atoms with E-state index in [0.29, 0.717) is 0 Å². The summed E-state index contributed by atoms with van der Waals surface area (Å²) in [6, 6.07) is 0. The van der Waals surface area contributed by atoms with Gasteiger partial charge < -0.3 is 0 Å². The monoisotopic (exact) mass is 484 g/mol. The Balaban J connectivity index is 2.94. The third-order valence-electron chi connectivity index (χ3n) is 5.27. The third-order valence-corrected chi connectivity index (χ3v) is 6.30. The number of hydrogen-bond acceptors (Lipinski definition) is 0. The quantitative estimate of drug-likeness (QED) is 0.0814. The van der Waals surface area contributed by atoms with Gasteiger partial charge in [0, 0.05) is 5.88 Å². The Morgan fingerprint density at radius 3 is 0.720 bits per heavy atom. The molecule has 0 fully saturated rings. The van der Waals surface area contributed by atoms with Crippen molar-refractivity contribution in [1.82, 2.24) is 0 Å². The summed E-state index contributed by atoms with van der Waals surface area (Å²) in [5, 5.41) is 0. The second-order valence-corrected chi connectivity index (χ2v) is 9.26. The van der Waals surface area contributed by atoms with Gasteiger partial charge in [-0.15, -0.1) is 11.6 Å². The summed E-state index contributed by atoms with van der Waals surface area (Å²) >= 11 is 8.18. The molecule has 0 atom stereocenters. The molecule has 0 aliphatic heterocycles. The number of alkyl halides is 2. The zero-order valence-electron chi connectivity index (χ0n) is 17.0. The molecule has 0 unspecified atom stereocenters. The van der Waals surface area contributed by atoms with Crippen LogP contribution in [-0.2, 0) is 0 Å². The Kier molecular flexibility index (Phi) is 26.0. The van der Waals surface area contributed by atoms with Crippen LogP contribution in [0.5, 0.6) is 0 Å². The Bertz CT molecular complexity index is 198. The molecule has 2 heteroatoms. The lowest BCUT2D eigenvalue weighted by atomic mass is 10.0. The second-order valence-electron chi connectivity index (χ2n) is 7.80. The molecular weight excluding hydrogens is 439 g/mol. The summed E-state index contributed by atoms with van der Waals surface area (Å²) in [5.41, 5.74) is 0. The van der Waals surface area contributed by atoms with Crippen LogP contribution in [0.25, 0.3) is 0 Å². The topological polar surface area (TPSA) is 0 Å². The molecule has 152 valence electrons. The van der Waals surface area contributed by atoms with Gasteiger partial charge in [-0.05, 0) is 17.3 Å². The molecule has 0 spiro atoms. The van der Waals surface area contributed by atoms with E-state index in [2.05, 4.69) is 22.6 Å². The normalized spacial score (nSPS) is 11.3. The molecule has 0 aromatic carbocycles. The molecule has 0 aliphatic rings. The van der Waals surface area contributed by atoms with E-state index in [4.69, 9.17) is 11.6 Å². The highest BCUT2D eigenvalue weighted by atomic mass is 127. The molecule has 0 bridgehead atoms. The van der Waals surface area contributed by atoms with E-state index in [1.54, 1.807) is 0 Å². The molecule has 0 aromatic heterocycles. The van der Waals surface area contributed by atoms with Crippen molar-refractivity contribution < 1.29 is 0 Å². The van der Waals surface area contributed by atoms with Crippen molar-refractivity contribution in [3.05, 3.63) is 0 Å². The zero-order valence-corrected chi connectivity index (χ0v) is 19.9. The maximum atomic E-state index is 5.69. The molecule has 0 aromatic rings. The fourth-order valence-corrected chi connectivity index (χ4v) is 4.28. The van der Waals surface area contributed by atoms with Crippen molar-refractivity contribution in [1.29, 1.82) is 0 Å². The van der Waals surface area contributed by atoms with Crippen molar-refractivity contribution in [2.45, 2.75) is 135 Å². The average Bonchev–Trinajstić information content (AvgIpc) is 2.63. The summed E-state index contributed by atoms with van der Waals surface area (Å²) in [4.78, 5) is 0. The standard InChI is InChI=1S/C23H46ClI/c24-22-20-18-16-14-12-10-8-6-4-2-1-3-5-7-9-11-13-15-17-19-21-23-25/h1-23H2. The smallest absolute Gasteiger partial charge is 0.0223 e. The van der Waals surface area contributed by atoms with Crippen LogP contribution in [0.4, 0.5) is 0 Å². The first-order valence-corrected chi connectivity index (χ1v) is 13.6. The minimum Gasteiger partial charge on any atom is -0.127 e. The lowest BCUT2D eigenvalue weighted by Gasteiger charge is -2.04. The van der Waals surface area contributed by atoms with Crippen LogP contribution >= 0.6 is 34.2 Å². The summed E-state index contributed by atoms with van der Waals surface area (Å²) in [6.45, 7) is 0. The van der Waals surface area contributed by atoms with Crippen molar-refractivity contribution >= 4 is 34.2 Å². The van der Waals surface area contributed by atoms with Gasteiger partial charge in [0.2, 0.25) is 0 Å². The van der Waals surface area contributed by atoms with Gasteiger partial charge in [-0.2, -0.15) is 0 Å². The van der Waals surface area contributed by atoms with Crippen molar-refractivity contribution in [2.24, 2.45) is 0 Å². The van der Waals surface area contributed by atoms with E-state index in [9.17, 15) is 0 Å². The molecule has 0 saturated heterocycles. The van der Waals surface area contributed by atoms with Gasteiger partial charge in [0.05, 0.1) is 0 Å². The lowest BCUT2D eigenvalue weighted by Crippen LogP contribution is -1.84. The number of halogens is 2. The Labute approximate surface area is 178 Å².